The van der Waals surface area contributed by atoms with Crippen LogP contribution in [0.1, 0.15) is 18.9 Å². The van der Waals surface area contributed by atoms with Crippen LogP contribution in [0.4, 0.5) is 4.39 Å². The van der Waals surface area contributed by atoms with Gasteiger partial charge in [-0.1, -0.05) is 18.2 Å². The molecule has 0 saturated carbocycles. The first-order valence-corrected chi connectivity index (χ1v) is 4.78. The number of rotatable bonds is 3. The molecule has 0 spiro atoms. The van der Waals surface area contributed by atoms with Crippen LogP contribution in [0.2, 0.25) is 0 Å². The van der Waals surface area contributed by atoms with Crippen LogP contribution in [0.25, 0.3) is 0 Å². The Kier molecular flexibility index (Phi) is 7.81. The van der Waals surface area contributed by atoms with E-state index in [1.54, 1.807) is 18.2 Å². The number of hydrogen-bond acceptors (Lipinski definition) is 3. The van der Waals surface area contributed by atoms with Gasteiger partial charge in [-0.05, 0) is 31.4 Å². The molecule has 0 bridgehead atoms. The largest absolute Gasteiger partial charge is 0.396 e. The molecule has 0 aliphatic rings. The molecule has 1 rings (SSSR count). The highest BCUT2D eigenvalue weighted by Gasteiger charge is 1.98. The number of hydrogen-bond donors (Lipinski definition) is 3. The second kappa shape index (κ2) is 8.35. The summed E-state index contributed by atoms with van der Waals surface area (Å²) in [5.74, 6) is -0.180. The van der Waals surface area contributed by atoms with Gasteiger partial charge in [0.1, 0.15) is 12.1 Å². The van der Waals surface area contributed by atoms with E-state index >= 15 is 0 Å². The van der Waals surface area contributed by atoms with Gasteiger partial charge < -0.3 is 15.3 Å². The zero-order chi connectivity index (χ0) is 11.7. The van der Waals surface area contributed by atoms with Gasteiger partial charge in [0.25, 0.3) is 0 Å². The predicted molar refractivity (Wildman–Crippen MR) is 55.7 cm³/mol. The molecule has 0 aliphatic carbocycles. The summed E-state index contributed by atoms with van der Waals surface area (Å²) in [5, 5.41) is 23.7. The average molecular weight is 216 g/mol. The molecule has 0 aliphatic heterocycles. The van der Waals surface area contributed by atoms with Crippen molar-refractivity contribution in [3.05, 3.63) is 35.6 Å². The van der Waals surface area contributed by atoms with Gasteiger partial charge in [-0.25, -0.2) is 4.39 Å². The Morgan fingerprint density at radius 3 is 2.27 bits per heavy atom. The molecule has 0 amide bonds. The number of halogens is 1. The lowest BCUT2D eigenvalue weighted by atomic mass is 10.1. The molecule has 0 radical (unpaired) electrons. The Hall–Kier alpha value is -0.970. The van der Waals surface area contributed by atoms with Crippen LogP contribution in [0, 0.1) is 5.82 Å². The summed E-state index contributed by atoms with van der Waals surface area (Å²) in [6, 6.07) is 6.64. The fourth-order valence-corrected chi connectivity index (χ4v) is 0.971. The Morgan fingerprint density at radius 1 is 1.27 bits per heavy atom. The molecule has 86 valence electrons. The van der Waals surface area contributed by atoms with Gasteiger partial charge in [0.2, 0.25) is 0 Å². The maximum Gasteiger partial charge on any atom is 0.148 e. The molecule has 3 N–H and O–H groups in total. The Labute approximate surface area is 88.8 Å². The SMILES string of the molecule is CC(O)O.OCCCc1ccccc1F. The van der Waals surface area contributed by atoms with E-state index in [9.17, 15) is 4.39 Å². The van der Waals surface area contributed by atoms with E-state index in [-0.39, 0.29) is 12.4 Å². The van der Waals surface area contributed by atoms with E-state index in [0.29, 0.717) is 18.4 Å². The molecule has 0 unspecified atom stereocenters. The number of aryl methyl sites for hydroxylation is 1. The van der Waals surface area contributed by atoms with Crippen molar-refractivity contribution in [1.29, 1.82) is 0 Å². The lowest BCUT2D eigenvalue weighted by molar-refractivity contribution is -0.0228. The first kappa shape index (κ1) is 14.0. The van der Waals surface area contributed by atoms with Crippen LogP contribution in [-0.2, 0) is 6.42 Å². The van der Waals surface area contributed by atoms with Crippen molar-refractivity contribution in [3.8, 4) is 0 Å². The first-order valence-electron chi connectivity index (χ1n) is 4.78. The number of benzene rings is 1. The summed E-state index contributed by atoms with van der Waals surface area (Å²) < 4.78 is 12.8. The molecule has 1 aromatic carbocycles. The second-order valence-electron chi connectivity index (χ2n) is 3.05. The van der Waals surface area contributed by atoms with E-state index in [2.05, 4.69) is 0 Å². The van der Waals surface area contributed by atoms with Crippen molar-refractivity contribution in [3.63, 3.8) is 0 Å². The van der Waals surface area contributed by atoms with E-state index in [4.69, 9.17) is 15.3 Å². The summed E-state index contributed by atoms with van der Waals surface area (Å²) in [6.45, 7) is 1.40. The van der Waals surface area contributed by atoms with Crippen molar-refractivity contribution >= 4 is 0 Å². The minimum atomic E-state index is -1.17. The van der Waals surface area contributed by atoms with Gasteiger partial charge in [-0.3, -0.25) is 0 Å². The fourth-order valence-electron chi connectivity index (χ4n) is 0.971. The minimum absolute atomic E-state index is 0.119. The van der Waals surface area contributed by atoms with Gasteiger partial charge in [0.15, 0.2) is 0 Å². The van der Waals surface area contributed by atoms with E-state index < -0.39 is 6.29 Å². The highest BCUT2D eigenvalue weighted by molar-refractivity contribution is 5.17. The monoisotopic (exact) mass is 216 g/mol. The van der Waals surface area contributed by atoms with E-state index in [0.717, 1.165) is 0 Å². The molecule has 1 aromatic rings. The quantitative estimate of drug-likeness (QED) is 0.662. The molecule has 15 heavy (non-hydrogen) atoms. The molecular formula is C11H17FO3. The molecule has 0 heterocycles. The Bertz CT molecular complexity index is 261. The van der Waals surface area contributed by atoms with Gasteiger partial charge in [-0.15, -0.1) is 0 Å². The molecule has 0 saturated heterocycles. The zero-order valence-corrected chi connectivity index (χ0v) is 8.73. The van der Waals surface area contributed by atoms with Crippen molar-refractivity contribution in [1.82, 2.24) is 0 Å². The van der Waals surface area contributed by atoms with Gasteiger partial charge in [0, 0.05) is 6.61 Å². The standard InChI is InChI=1S/C9H11FO.C2H6O2/c10-9-6-2-1-4-8(9)5-3-7-11;1-2(3)4/h1-2,4,6,11H,3,5,7H2;2-4H,1H3. The minimum Gasteiger partial charge on any atom is -0.396 e. The van der Waals surface area contributed by atoms with Crippen LogP contribution in [0.15, 0.2) is 24.3 Å². The third-order valence-electron chi connectivity index (χ3n) is 1.56. The number of aliphatic hydroxyl groups excluding tert-OH is 2. The molecule has 0 aromatic heterocycles. The predicted octanol–water partition coefficient (Wildman–Crippen LogP) is 1.07. The molecule has 0 atom stereocenters. The van der Waals surface area contributed by atoms with Crippen molar-refractivity contribution in [2.75, 3.05) is 6.61 Å². The van der Waals surface area contributed by atoms with Crippen LogP contribution in [0.3, 0.4) is 0 Å². The molecule has 4 heteroatoms. The lowest BCUT2D eigenvalue weighted by Crippen LogP contribution is -1.92. The summed E-state index contributed by atoms with van der Waals surface area (Å²) in [5.41, 5.74) is 0.682. The van der Waals surface area contributed by atoms with Crippen molar-refractivity contribution in [2.24, 2.45) is 0 Å². The molecular weight excluding hydrogens is 199 g/mol. The fraction of sp³-hybridized carbons (Fsp3) is 0.455. The lowest BCUT2D eigenvalue weighted by Gasteiger charge is -1.99. The summed E-state index contributed by atoms with van der Waals surface area (Å²) in [7, 11) is 0. The normalized spacial score (nSPS) is 9.73. The van der Waals surface area contributed by atoms with E-state index in [1.165, 1.54) is 13.0 Å². The average Bonchev–Trinajstić information content (AvgIpc) is 2.16. The van der Waals surface area contributed by atoms with Crippen LogP contribution in [0.5, 0.6) is 0 Å². The van der Waals surface area contributed by atoms with Gasteiger partial charge >= 0.3 is 0 Å². The first-order chi connectivity index (χ1) is 7.07. The van der Waals surface area contributed by atoms with Crippen molar-refractivity contribution < 1.29 is 19.7 Å². The van der Waals surface area contributed by atoms with Crippen LogP contribution >= 0.6 is 0 Å². The maximum atomic E-state index is 12.8. The molecule has 0 fully saturated rings. The highest BCUT2D eigenvalue weighted by Crippen LogP contribution is 2.07. The Balaban J connectivity index is 0.000000423. The smallest absolute Gasteiger partial charge is 0.148 e. The van der Waals surface area contributed by atoms with Gasteiger partial charge in [0.05, 0.1) is 0 Å². The van der Waals surface area contributed by atoms with Crippen molar-refractivity contribution in [2.45, 2.75) is 26.1 Å². The zero-order valence-electron chi connectivity index (χ0n) is 8.73. The van der Waals surface area contributed by atoms with Gasteiger partial charge in [-0.2, -0.15) is 0 Å². The highest BCUT2D eigenvalue weighted by atomic mass is 19.1. The Morgan fingerprint density at radius 2 is 1.80 bits per heavy atom. The van der Waals surface area contributed by atoms with E-state index in [1.807, 2.05) is 0 Å². The topological polar surface area (TPSA) is 60.7 Å². The number of aliphatic hydroxyl groups is 3. The third-order valence-corrected chi connectivity index (χ3v) is 1.56. The maximum absolute atomic E-state index is 12.8. The van der Waals surface area contributed by atoms with Crippen LogP contribution in [-0.4, -0.2) is 28.2 Å². The van der Waals surface area contributed by atoms with Crippen LogP contribution < -0.4 is 0 Å². The summed E-state index contributed by atoms with van der Waals surface area (Å²) >= 11 is 0. The third kappa shape index (κ3) is 8.05. The molecule has 3 nitrogen and oxygen atoms in total. The summed E-state index contributed by atoms with van der Waals surface area (Å²) in [4.78, 5) is 0. The second-order valence-corrected chi connectivity index (χ2v) is 3.05. The summed E-state index contributed by atoms with van der Waals surface area (Å²) in [6.07, 6.45) is 0.0735.